The number of amides is 1. The fourth-order valence-electron chi connectivity index (χ4n) is 2.36. The topological polar surface area (TPSA) is 72.5 Å². The number of Topliss-reactive ketones (excluding diaryl/α,β-unsaturated/α-hetero) is 1. The summed E-state index contributed by atoms with van der Waals surface area (Å²) in [5.74, 6) is -0.940. The van der Waals surface area contributed by atoms with Crippen LogP contribution in [0.1, 0.15) is 48.4 Å². The molecule has 148 valence electrons. The Morgan fingerprint density at radius 2 is 1.61 bits per heavy atom. The smallest absolute Gasteiger partial charge is 0.339 e. The highest BCUT2D eigenvalue weighted by Gasteiger charge is 2.23. The number of carbonyl (C=O) groups is 3. The lowest BCUT2D eigenvalue weighted by molar-refractivity contribution is -0.123. The lowest BCUT2D eigenvalue weighted by Crippen LogP contribution is -2.27. The number of hydrogen-bond donors (Lipinski definition) is 1. The summed E-state index contributed by atoms with van der Waals surface area (Å²) in [7, 11) is 0. The number of ketones is 1. The first-order valence-electron chi connectivity index (χ1n) is 8.93. The third-order valence-corrected chi connectivity index (χ3v) is 4.88. The Morgan fingerprint density at radius 1 is 1.00 bits per heavy atom. The van der Waals surface area contributed by atoms with Crippen LogP contribution in [0.2, 0.25) is 0 Å². The molecule has 2 aromatic rings. The van der Waals surface area contributed by atoms with Crippen molar-refractivity contribution in [1.82, 2.24) is 0 Å². The van der Waals surface area contributed by atoms with Gasteiger partial charge in [-0.3, -0.25) is 9.59 Å². The minimum atomic E-state index is -0.919. The summed E-state index contributed by atoms with van der Waals surface area (Å²) in [5, 5.41) is 2.81. The van der Waals surface area contributed by atoms with Crippen LogP contribution in [0, 0.1) is 5.41 Å². The average Bonchev–Trinajstić information content (AvgIpc) is 2.67. The molecule has 2 aromatic carbocycles. The van der Waals surface area contributed by atoms with Gasteiger partial charge in [-0.1, -0.05) is 32.9 Å². The number of anilines is 1. The molecule has 0 spiro atoms. The van der Waals surface area contributed by atoms with Gasteiger partial charge in [-0.15, -0.1) is 11.8 Å². The average molecular weight is 400 g/mol. The Kier molecular flexibility index (Phi) is 7.02. The van der Waals surface area contributed by atoms with E-state index < -0.39 is 17.5 Å². The van der Waals surface area contributed by atoms with Crippen molar-refractivity contribution in [3.05, 3.63) is 59.7 Å². The van der Waals surface area contributed by atoms with Crippen LogP contribution in [-0.2, 0) is 9.53 Å². The van der Waals surface area contributed by atoms with Crippen molar-refractivity contribution in [2.75, 3.05) is 11.6 Å². The molecule has 0 bridgehead atoms. The van der Waals surface area contributed by atoms with E-state index in [9.17, 15) is 14.4 Å². The Morgan fingerprint density at radius 3 is 2.18 bits per heavy atom. The van der Waals surface area contributed by atoms with E-state index in [-0.39, 0.29) is 11.7 Å². The molecule has 5 nitrogen and oxygen atoms in total. The third-order valence-electron chi connectivity index (χ3n) is 4.09. The van der Waals surface area contributed by atoms with E-state index in [1.165, 1.54) is 11.8 Å². The molecule has 0 aliphatic carbocycles. The van der Waals surface area contributed by atoms with Crippen LogP contribution in [0.15, 0.2) is 53.4 Å². The molecule has 0 aliphatic heterocycles. The van der Waals surface area contributed by atoms with E-state index >= 15 is 0 Å². The molecule has 6 heteroatoms. The zero-order valence-corrected chi connectivity index (χ0v) is 17.6. The number of carbonyl (C=O) groups excluding carboxylic acids is 3. The van der Waals surface area contributed by atoms with Crippen molar-refractivity contribution >= 4 is 35.1 Å². The van der Waals surface area contributed by atoms with Gasteiger partial charge < -0.3 is 10.1 Å². The predicted octanol–water partition coefficient (Wildman–Crippen LogP) is 4.82. The van der Waals surface area contributed by atoms with Gasteiger partial charge in [0.05, 0.1) is 5.56 Å². The van der Waals surface area contributed by atoms with Gasteiger partial charge in [0.25, 0.3) is 0 Å². The number of rotatable bonds is 6. The van der Waals surface area contributed by atoms with Gasteiger partial charge in [0, 0.05) is 21.6 Å². The maximum Gasteiger partial charge on any atom is 0.339 e. The number of thioether (sulfide) groups is 1. The van der Waals surface area contributed by atoms with E-state index in [2.05, 4.69) is 5.32 Å². The molecule has 1 atom stereocenters. The summed E-state index contributed by atoms with van der Waals surface area (Å²) in [6, 6.07) is 13.7. The van der Waals surface area contributed by atoms with E-state index in [1.807, 2.05) is 39.2 Å². The molecule has 0 aromatic heterocycles. The van der Waals surface area contributed by atoms with Crippen LogP contribution < -0.4 is 5.32 Å². The molecule has 1 amide bonds. The summed E-state index contributed by atoms with van der Waals surface area (Å²) < 4.78 is 5.36. The molecule has 0 heterocycles. The first-order chi connectivity index (χ1) is 13.1. The molecule has 0 radical (unpaired) electrons. The normalized spacial score (nSPS) is 12.2. The predicted molar refractivity (Wildman–Crippen MR) is 112 cm³/mol. The second-order valence-electron chi connectivity index (χ2n) is 7.39. The van der Waals surface area contributed by atoms with Crippen molar-refractivity contribution in [2.45, 2.75) is 38.7 Å². The molecule has 0 saturated heterocycles. The maximum absolute atomic E-state index is 12.6. The maximum atomic E-state index is 12.6. The SMILES string of the molecule is CSc1ccccc1C(=O)O[C@@H](C)C(=O)c1ccc(NC(=O)C(C)(C)C)cc1. The third kappa shape index (κ3) is 5.45. The molecule has 0 unspecified atom stereocenters. The van der Waals surface area contributed by atoms with Gasteiger partial charge in [-0.25, -0.2) is 4.79 Å². The van der Waals surface area contributed by atoms with Crippen molar-refractivity contribution in [2.24, 2.45) is 5.41 Å². The fourth-order valence-corrected chi connectivity index (χ4v) is 2.95. The quantitative estimate of drug-likeness (QED) is 0.428. The van der Waals surface area contributed by atoms with Crippen LogP contribution >= 0.6 is 11.8 Å². The minimum Gasteiger partial charge on any atom is -0.451 e. The molecule has 0 aliphatic rings. The van der Waals surface area contributed by atoms with Crippen molar-refractivity contribution in [3.8, 4) is 0 Å². The first-order valence-corrected chi connectivity index (χ1v) is 10.2. The van der Waals surface area contributed by atoms with Gasteiger partial charge in [-0.05, 0) is 49.6 Å². The molecule has 2 rings (SSSR count). The van der Waals surface area contributed by atoms with Crippen molar-refractivity contribution in [3.63, 3.8) is 0 Å². The zero-order valence-electron chi connectivity index (χ0n) is 16.7. The standard InChI is InChI=1S/C22H25NO4S/c1-14(27-20(25)17-8-6-7-9-18(17)28-5)19(24)15-10-12-16(13-11-15)23-21(26)22(2,3)4/h6-14H,1-5H3,(H,23,26)/t14-/m0/s1. The molecular weight excluding hydrogens is 374 g/mol. The molecule has 0 fully saturated rings. The minimum absolute atomic E-state index is 0.110. The summed E-state index contributed by atoms with van der Waals surface area (Å²) in [5.41, 5.74) is 0.946. The lowest BCUT2D eigenvalue weighted by Gasteiger charge is -2.18. The largest absolute Gasteiger partial charge is 0.451 e. The fraction of sp³-hybridized carbons (Fsp3) is 0.318. The highest BCUT2D eigenvalue weighted by Crippen LogP contribution is 2.22. The van der Waals surface area contributed by atoms with Gasteiger partial charge in [-0.2, -0.15) is 0 Å². The van der Waals surface area contributed by atoms with Gasteiger partial charge in [0.15, 0.2) is 6.10 Å². The summed E-state index contributed by atoms with van der Waals surface area (Å²) >= 11 is 1.44. The first kappa shape index (κ1) is 21.7. The van der Waals surface area contributed by atoms with E-state index in [0.717, 1.165) is 4.90 Å². The second-order valence-corrected chi connectivity index (χ2v) is 8.24. The molecule has 28 heavy (non-hydrogen) atoms. The summed E-state index contributed by atoms with van der Waals surface area (Å²) in [4.78, 5) is 37.8. The van der Waals surface area contributed by atoms with Crippen LogP contribution in [0.5, 0.6) is 0 Å². The highest BCUT2D eigenvalue weighted by atomic mass is 32.2. The zero-order chi connectivity index (χ0) is 20.9. The van der Waals surface area contributed by atoms with Crippen molar-refractivity contribution < 1.29 is 19.1 Å². The highest BCUT2D eigenvalue weighted by molar-refractivity contribution is 7.98. The van der Waals surface area contributed by atoms with E-state index in [1.54, 1.807) is 43.3 Å². The number of hydrogen-bond acceptors (Lipinski definition) is 5. The number of nitrogens with one attached hydrogen (secondary N) is 1. The molecule has 0 saturated carbocycles. The van der Waals surface area contributed by atoms with Gasteiger partial charge in [0.2, 0.25) is 11.7 Å². The monoisotopic (exact) mass is 399 g/mol. The van der Waals surface area contributed by atoms with Crippen LogP contribution in [0.3, 0.4) is 0 Å². The van der Waals surface area contributed by atoms with E-state index in [4.69, 9.17) is 4.74 Å². The molecular formula is C22H25NO4S. The van der Waals surface area contributed by atoms with Gasteiger partial charge >= 0.3 is 5.97 Å². The lowest BCUT2D eigenvalue weighted by atomic mass is 9.95. The Bertz CT molecular complexity index is 869. The number of ether oxygens (including phenoxy) is 1. The van der Waals surface area contributed by atoms with Crippen LogP contribution in [0.4, 0.5) is 5.69 Å². The summed E-state index contributed by atoms with van der Waals surface area (Å²) in [6.45, 7) is 7.03. The summed E-state index contributed by atoms with van der Waals surface area (Å²) in [6.07, 6.45) is 0.957. The number of benzene rings is 2. The van der Waals surface area contributed by atoms with Crippen LogP contribution in [-0.4, -0.2) is 30.0 Å². The van der Waals surface area contributed by atoms with Crippen LogP contribution in [0.25, 0.3) is 0 Å². The Hall–Kier alpha value is -2.60. The molecule has 1 N–H and O–H groups in total. The number of esters is 1. The van der Waals surface area contributed by atoms with E-state index in [0.29, 0.717) is 16.8 Å². The Balaban J connectivity index is 2.05. The van der Waals surface area contributed by atoms with Crippen molar-refractivity contribution in [1.29, 1.82) is 0 Å². The second kappa shape index (κ2) is 9.06. The Labute approximate surface area is 169 Å². The van der Waals surface area contributed by atoms with Gasteiger partial charge in [0.1, 0.15) is 0 Å².